The van der Waals surface area contributed by atoms with Crippen molar-refractivity contribution >= 4 is 79.4 Å². The van der Waals surface area contributed by atoms with Crippen molar-refractivity contribution in [2.24, 2.45) is 0 Å². The number of hydrogen-bond acceptors (Lipinski definition) is 5. The van der Waals surface area contributed by atoms with E-state index in [1.165, 1.54) is 11.0 Å². The summed E-state index contributed by atoms with van der Waals surface area (Å²) in [4.78, 5) is 26.4. The van der Waals surface area contributed by atoms with E-state index < -0.39 is 11.8 Å². The first-order chi connectivity index (χ1) is 12.4. The number of hydrogen-bond donors (Lipinski definition) is 1. The van der Waals surface area contributed by atoms with Gasteiger partial charge >= 0.3 is 0 Å². The molecule has 1 fully saturated rings. The molecule has 134 valence electrons. The second kappa shape index (κ2) is 7.89. The minimum absolute atomic E-state index is 0.0148. The highest BCUT2D eigenvalue weighted by molar-refractivity contribution is 14.1. The van der Waals surface area contributed by atoms with Gasteiger partial charge in [-0.25, -0.2) is 0 Å². The molecule has 1 aromatic carbocycles. The van der Waals surface area contributed by atoms with Crippen molar-refractivity contribution in [1.29, 1.82) is 0 Å². The van der Waals surface area contributed by atoms with Crippen molar-refractivity contribution in [3.05, 3.63) is 49.9 Å². The van der Waals surface area contributed by atoms with Crippen LogP contribution < -0.4 is 15.0 Å². The van der Waals surface area contributed by atoms with Gasteiger partial charge in [-0.05, 0) is 59.3 Å². The van der Waals surface area contributed by atoms with Crippen molar-refractivity contribution in [3.63, 3.8) is 0 Å². The van der Waals surface area contributed by atoms with Crippen LogP contribution in [0.25, 0.3) is 6.08 Å². The van der Waals surface area contributed by atoms with Crippen LogP contribution >= 0.6 is 50.7 Å². The summed E-state index contributed by atoms with van der Waals surface area (Å²) in [6.07, 6.45) is 1.39. The predicted molar refractivity (Wildman–Crippen MR) is 113 cm³/mol. The summed E-state index contributed by atoms with van der Waals surface area (Å²) in [6, 6.07) is 8.62. The molecule has 1 aromatic heterocycles. The van der Waals surface area contributed by atoms with Crippen LogP contribution in [0.1, 0.15) is 12.7 Å². The van der Waals surface area contributed by atoms with Crippen molar-refractivity contribution in [2.45, 2.75) is 6.92 Å². The van der Waals surface area contributed by atoms with Gasteiger partial charge in [0.1, 0.15) is 17.1 Å². The zero-order valence-electron chi connectivity index (χ0n) is 13.4. The monoisotopic (exact) mass is 546 g/mol. The largest absolute Gasteiger partial charge is 0.494 e. The van der Waals surface area contributed by atoms with Gasteiger partial charge < -0.3 is 9.15 Å². The van der Waals surface area contributed by atoms with Crippen molar-refractivity contribution in [2.75, 3.05) is 11.5 Å². The molecule has 3 rings (SSSR count). The molecule has 0 bridgehead atoms. The highest BCUT2D eigenvalue weighted by atomic mass is 127. The highest BCUT2D eigenvalue weighted by Crippen LogP contribution is 2.28. The van der Waals surface area contributed by atoms with Crippen LogP contribution in [0.3, 0.4) is 0 Å². The zero-order chi connectivity index (χ0) is 18.8. The van der Waals surface area contributed by atoms with Gasteiger partial charge in [0.15, 0.2) is 8.88 Å². The number of amides is 2. The van der Waals surface area contributed by atoms with Crippen LogP contribution in [0.2, 0.25) is 0 Å². The average Bonchev–Trinajstić information content (AvgIpc) is 2.90. The fourth-order valence-electron chi connectivity index (χ4n) is 2.35. The second-order valence-corrected chi connectivity index (χ2v) is 7.38. The van der Waals surface area contributed by atoms with E-state index in [0.29, 0.717) is 27.6 Å². The Labute approximate surface area is 176 Å². The SMILES string of the molecule is CCOc1cccc(N2C(=O)/C(=C/c3cc(Br)c(I)o3)C(=O)NC2=S)c1. The third kappa shape index (κ3) is 3.84. The van der Waals surface area contributed by atoms with Gasteiger partial charge in [-0.3, -0.25) is 19.8 Å². The van der Waals surface area contributed by atoms with Gasteiger partial charge in [-0.2, -0.15) is 0 Å². The molecule has 2 aromatic rings. The number of thiocarbonyl (C=S) groups is 1. The topological polar surface area (TPSA) is 71.8 Å². The molecular weight excluding hydrogens is 535 g/mol. The third-order valence-electron chi connectivity index (χ3n) is 3.44. The van der Waals surface area contributed by atoms with E-state index in [1.54, 1.807) is 30.3 Å². The lowest BCUT2D eigenvalue weighted by Crippen LogP contribution is -2.54. The molecule has 0 atom stereocenters. The Kier molecular flexibility index (Phi) is 5.78. The number of carbonyl (C=O) groups is 2. The number of anilines is 1. The number of ether oxygens (including phenoxy) is 1. The third-order valence-corrected chi connectivity index (χ3v) is 5.86. The van der Waals surface area contributed by atoms with Gasteiger partial charge in [-0.1, -0.05) is 6.07 Å². The molecular formula is C17H12BrIN2O4S. The molecule has 0 radical (unpaired) electrons. The fraction of sp³-hybridized carbons (Fsp3) is 0.118. The molecule has 0 aliphatic carbocycles. The van der Waals surface area contributed by atoms with Gasteiger partial charge in [0.05, 0.1) is 16.8 Å². The Hall–Kier alpha value is -1.72. The van der Waals surface area contributed by atoms with Gasteiger partial charge in [0, 0.05) is 28.7 Å². The van der Waals surface area contributed by atoms with Gasteiger partial charge in [-0.15, -0.1) is 0 Å². The van der Waals surface area contributed by atoms with Crippen LogP contribution in [0.5, 0.6) is 5.75 Å². The molecule has 0 saturated carbocycles. The minimum Gasteiger partial charge on any atom is -0.494 e. The molecule has 2 heterocycles. The molecule has 1 saturated heterocycles. The molecule has 0 spiro atoms. The number of nitrogens with one attached hydrogen (secondary N) is 1. The molecule has 2 amide bonds. The lowest BCUT2D eigenvalue weighted by atomic mass is 10.1. The lowest BCUT2D eigenvalue weighted by molar-refractivity contribution is -0.122. The molecule has 6 nitrogen and oxygen atoms in total. The van der Waals surface area contributed by atoms with E-state index >= 15 is 0 Å². The van der Waals surface area contributed by atoms with E-state index in [2.05, 4.69) is 21.2 Å². The summed E-state index contributed by atoms with van der Waals surface area (Å²) >= 11 is 10.5. The van der Waals surface area contributed by atoms with E-state index in [4.69, 9.17) is 21.4 Å². The first kappa shape index (κ1) is 19.1. The molecule has 0 unspecified atom stereocenters. The molecule has 1 aliphatic heterocycles. The fourth-order valence-corrected chi connectivity index (χ4v) is 3.35. The number of furan rings is 1. The van der Waals surface area contributed by atoms with Crippen LogP contribution in [0, 0.1) is 3.77 Å². The highest BCUT2D eigenvalue weighted by Gasteiger charge is 2.35. The number of rotatable bonds is 4. The summed E-state index contributed by atoms with van der Waals surface area (Å²) in [7, 11) is 0. The first-order valence-corrected chi connectivity index (χ1v) is 9.78. The van der Waals surface area contributed by atoms with E-state index in [9.17, 15) is 9.59 Å². The quantitative estimate of drug-likeness (QED) is 0.273. The van der Waals surface area contributed by atoms with Crippen molar-refractivity contribution < 1.29 is 18.7 Å². The number of halogens is 2. The Balaban J connectivity index is 1.99. The van der Waals surface area contributed by atoms with Gasteiger partial charge in [0.2, 0.25) is 0 Å². The number of benzene rings is 1. The Morgan fingerprint density at radius 1 is 1.38 bits per heavy atom. The molecule has 1 N–H and O–H groups in total. The minimum atomic E-state index is -0.570. The summed E-state index contributed by atoms with van der Waals surface area (Å²) < 4.78 is 12.3. The predicted octanol–water partition coefficient (Wildman–Crippen LogP) is 3.88. The summed E-state index contributed by atoms with van der Waals surface area (Å²) in [6.45, 7) is 2.36. The van der Waals surface area contributed by atoms with E-state index in [1.807, 2.05) is 29.5 Å². The standard InChI is InChI=1S/C17H12BrIN2O4S/c1-2-24-10-5-3-4-9(6-10)21-16(23)12(15(22)20-17(21)26)7-11-8-13(18)14(19)25-11/h3-8H,2H2,1H3,(H,20,22,26)/b12-7+. The van der Waals surface area contributed by atoms with Crippen LogP contribution in [0.15, 0.2) is 44.8 Å². The lowest BCUT2D eigenvalue weighted by Gasteiger charge is -2.29. The van der Waals surface area contributed by atoms with Crippen LogP contribution in [0.4, 0.5) is 5.69 Å². The zero-order valence-corrected chi connectivity index (χ0v) is 18.0. The van der Waals surface area contributed by atoms with Gasteiger partial charge in [0.25, 0.3) is 11.8 Å². The molecule has 1 aliphatic rings. The molecule has 26 heavy (non-hydrogen) atoms. The number of nitrogens with zero attached hydrogens (tertiary/aromatic N) is 1. The average molecular weight is 547 g/mol. The Bertz CT molecular complexity index is 921. The summed E-state index contributed by atoms with van der Waals surface area (Å²) in [5.74, 6) is -0.113. The van der Waals surface area contributed by atoms with Crippen molar-refractivity contribution in [1.82, 2.24) is 5.32 Å². The normalized spacial score (nSPS) is 16.2. The second-order valence-electron chi connectivity index (χ2n) is 5.16. The number of carbonyl (C=O) groups excluding carboxylic acids is 2. The smallest absolute Gasteiger partial charge is 0.270 e. The van der Waals surface area contributed by atoms with Crippen molar-refractivity contribution in [3.8, 4) is 5.75 Å². The Morgan fingerprint density at radius 3 is 2.81 bits per heavy atom. The Morgan fingerprint density at radius 2 is 2.15 bits per heavy atom. The maximum Gasteiger partial charge on any atom is 0.270 e. The van der Waals surface area contributed by atoms with E-state index in [0.717, 1.165) is 4.47 Å². The van der Waals surface area contributed by atoms with Crippen LogP contribution in [-0.4, -0.2) is 23.5 Å². The maximum atomic E-state index is 12.9. The summed E-state index contributed by atoms with van der Waals surface area (Å²) in [5, 5.41) is 2.55. The van der Waals surface area contributed by atoms with Crippen LogP contribution in [-0.2, 0) is 9.59 Å². The first-order valence-electron chi connectivity index (χ1n) is 7.50. The maximum absolute atomic E-state index is 12.9. The van der Waals surface area contributed by atoms with E-state index in [-0.39, 0.29) is 10.7 Å². The molecule has 9 heteroatoms. The summed E-state index contributed by atoms with van der Waals surface area (Å²) in [5.41, 5.74) is 0.435.